The van der Waals surface area contributed by atoms with Gasteiger partial charge in [0.05, 0.1) is 16.8 Å². The molecule has 2 aromatic rings. The standard InChI is InChI=1S/C19H20BrN3O3S/c1-26-12-6-11-21-17(24)14-8-3-5-10-16(14)22-19(27)23-18(25)13-7-2-4-9-15(13)20/h2-5,7-10H,6,11-12H2,1H3,(H,21,24)(H2,22,23,25,27). The molecule has 0 atom stereocenters. The van der Waals surface area contributed by atoms with Crippen molar-refractivity contribution in [2.45, 2.75) is 6.42 Å². The zero-order valence-corrected chi connectivity index (χ0v) is 17.2. The number of benzene rings is 2. The molecular formula is C19H20BrN3O3S. The minimum absolute atomic E-state index is 0.107. The average molecular weight is 450 g/mol. The molecule has 2 aromatic carbocycles. The molecule has 0 bridgehead atoms. The number of rotatable bonds is 7. The van der Waals surface area contributed by atoms with E-state index in [0.29, 0.717) is 34.4 Å². The van der Waals surface area contributed by atoms with Crippen LogP contribution in [0.4, 0.5) is 5.69 Å². The van der Waals surface area contributed by atoms with Gasteiger partial charge in [-0.1, -0.05) is 24.3 Å². The Labute approximate surface area is 171 Å². The van der Waals surface area contributed by atoms with Crippen LogP contribution in [0, 0.1) is 0 Å². The molecular weight excluding hydrogens is 430 g/mol. The van der Waals surface area contributed by atoms with Crippen LogP contribution in [-0.2, 0) is 4.74 Å². The number of hydrogen-bond acceptors (Lipinski definition) is 4. The van der Waals surface area contributed by atoms with Crippen molar-refractivity contribution in [1.29, 1.82) is 0 Å². The van der Waals surface area contributed by atoms with E-state index in [1.165, 1.54) is 0 Å². The molecule has 0 aromatic heterocycles. The van der Waals surface area contributed by atoms with Crippen LogP contribution >= 0.6 is 28.1 Å². The fourth-order valence-electron chi connectivity index (χ4n) is 2.27. The van der Waals surface area contributed by atoms with E-state index >= 15 is 0 Å². The first-order valence-corrected chi connectivity index (χ1v) is 9.46. The predicted molar refractivity (Wildman–Crippen MR) is 113 cm³/mol. The quantitative estimate of drug-likeness (QED) is 0.446. The molecule has 0 aliphatic heterocycles. The molecule has 0 heterocycles. The third-order valence-corrected chi connectivity index (χ3v) is 4.47. The van der Waals surface area contributed by atoms with Crippen molar-refractivity contribution in [3.8, 4) is 0 Å². The van der Waals surface area contributed by atoms with E-state index in [9.17, 15) is 9.59 Å². The molecule has 6 nitrogen and oxygen atoms in total. The van der Waals surface area contributed by atoms with Gasteiger partial charge in [-0.25, -0.2) is 0 Å². The van der Waals surface area contributed by atoms with Gasteiger partial charge in [0.15, 0.2) is 5.11 Å². The number of amides is 2. The van der Waals surface area contributed by atoms with Gasteiger partial charge < -0.3 is 15.4 Å². The second kappa shape index (κ2) is 10.8. The van der Waals surface area contributed by atoms with Crippen LogP contribution in [0.5, 0.6) is 0 Å². The van der Waals surface area contributed by atoms with Crippen molar-refractivity contribution in [1.82, 2.24) is 10.6 Å². The summed E-state index contributed by atoms with van der Waals surface area (Å²) in [6, 6.07) is 14.0. The summed E-state index contributed by atoms with van der Waals surface area (Å²) in [5.74, 6) is -0.574. The number of ether oxygens (including phenoxy) is 1. The zero-order chi connectivity index (χ0) is 19.6. The Morgan fingerprint density at radius 2 is 1.70 bits per heavy atom. The van der Waals surface area contributed by atoms with E-state index in [1.54, 1.807) is 49.6 Å². The number of thiocarbonyl (C=S) groups is 1. The van der Waals surface area contributed by atoms with Gasteiger partial charge in [-0.3, -0.25) is 14.9 Å². The highest BCUT2D eigenvalue weighted by Gasteiger charge is 2.14. The van der Waals surface area contributed by atoms with Crippen molar-refractivity contribution < 1.29 is 14.3 Å². The maximum absolute atomic E-state index is 12.4. The van der Waals surface area contributed by atoms with E-state index in [0.717, 1.165) is 6.42 Å². The monoisotopic (exact) mass is 449 g/mol. The predicted octanol–water partition coefficient (Wildman–Crippen LogP) is 3.34. The Morgan fingerprint density at radius 1 is 1.04 bits per heavy atom. The molecule has 0 radical (unpaired) electrons. The van der Waals surface area contributed by atoms with Crippen molar-refractivity contribution in [2.24, 2.45) is 0 Å². The number of para-hydroxylation sites is 1. The first-order valence-electron chi connectivity index (χ1n) is 8.26. The van der Waals surface area contributed by atoms with Crippen LogP contribution in [0.25, 0.3) is 0 Å². The Kier molecular flexibility index (Phi) is 8.38. The molecule has 0 spiro atoms. The first kappa shape index (κ1) is 21.0. The minimum atomic E-state index is -0.346. The summed E-state index contributed by atoms with van der Waals surface area (Å²) in [6.07, 6.45) is 0.720. The molecule has 2 amide bonds. The summed E-state index contributed by atoms with van der Waals surface area (Å²) < 4.78 is 5.63. The van der Waals surface area contributed by atoms with E-state index in [4.69, 9.17) is 17.0 Å². The molecule has 0 saturated carbocycles. The number of anilines is 1. The van der Waals surface area contributed by atoms with Crippen molar-refractivity contribution >= 4 is 50.8 Å². The molecule has 2 rings (SSSR count). The first-order chi connectivity index (χ1) is 13.0. The van der Waals surface area contributed by atoms with Gasteiger partial charge in [-0.2, -0.15) is 0 Å². The lowest BCUT2D eigenvalue weighted by atomic mass is 10.1. The van der Waals surface area contributed by atoms with Gasteiger partial charge in [0.25, 0.3) is 11.8 Å². The average Bonchev–Trinajstić information content (AvgIpc) is 2.65. The number of carbonyl (C=O) groups excluding carboxylic acids is 2. The second-order valence-corrected chi connectivity index (χ2v) is 6.80. The van der Waals surface area contributed by atoms with E-state index in [1.807, 2.05) is 6.07 Å². The zero-order valence-electron chi connectivity index (χ0n) is 14.8. The molecule has 8 heteroatoms. The van der Waals surface area contributed by atoms with Gasteiger partial charge in [-0.05, 0) is 58.8 Å². The molecule has 0 aliphatic carbocycles. The Hall–Kier alpha value is -2.29. The number of halogens is 1. The van der Waals surface area contributed by atoms with Crippen LogP contribution in [0.1, 0.15) is 27.1 Å². The molecule has 3 N–H and O–H groups in total. The molecule has 0 unspecified atom stereocenters. The highest BCUT2D eigenvalue weighted by Crippen LogP contribution is 2.17. The molecule has 27 heavy (non-hydrogen) atoms. The summed E-state index contributed by atoms with van der Waals surface area (Å²) in [7, 11) is 1.62. The largest absolute Gasteiger partial charge is 0.385 e. The van der Waals surface area contributed by atoms with E-state index in [2.05, 4.69) is 31.9 Å². The van der Waals surface area contributed by atoms with Crippen LogP contribution in [0.15, 0.2) is 53.0 Å². The maximum atomic E-state index is 12.4. The fourth-order valence-corrected chi connectivity index (χ4v) is 2.94. The third kappa shape index (κ3) is 6.42. The smallest absolute Gasteiger partial charge is 0.258 e. The Balaban J connectivity index is 2.00. The summed E-state index contributed by atoms with van der Waals surface area (Å²) in [5.41, 5.74) is 1.41. The van der Waals surface area contributed by atoms with Gasteiger partial charge in [0.1, 0.15) is 0 Å². The highest BCUT2D eigenvalue weighted by atomic mass is 79.9. The second-order valence-electron chi connectivity index (χ2n) is 5.54. The van der Waals surface area contributed by atoms with Crippen LogP contribution in [0.2, 0.25) is 0 Å². The number of hydrogen-bond donors (Lipinski definition) is 3. The highest BCUT2D eigenvalue weighted by molar-refractivity contribution is 9.10. The van der Waals surface area contributed by atoms with Crippen molar-refractivity contribution in [2.75, 3.05) is 25.6 Å². The lowest BCUT2D eigenvalue weighted by Gasteiger charge is -2.14. The van der Waals surface area contributed by atoms with Gasteiger partial charge in [0.2, 0.25) is 0 Å². The van der Waals surface area contributed by atoms with E-state index < -0.39 is 0 Å². The third-order valence-electron chi connectivity index (χ3n) is 3.58. The van der Waals surface area contributed by atoms with Gasteiger partial charge >= 0.3 is 0 Å². The molecule has 0 aliphatic rings. The fraction of sp³-hybridized carbons (Fsp3) is 0.211. The Morgan fingerprint density at radius 3 is 2.41 bits per heavy atom. The Bertz CT molecular complexity index is 829. The maximum Gasteiger partial charge on any atom is 0.258 e. The van der Waals surface area contributed by atoms with Crippen LogP contribution in [0.3, 0.4) is 0 Å². The topological polar surface area (TPSA) is 79.5 Å². The molecule has 0 fully saturated rings. The van der Waals surface area contributed by atoms with Crippen molar-refractivity contribution in [3.05, 3.63) is 64.1 Å². The summed E-state index contributed by atoms with van der Waals surface area (Å²) in [5, 5.41) is 8.46. The lowest BCUT2D eigenvalue weighted by Crippen LogP contribution is -2.35. The van der Waals surface area contributed by atoms with Gasteiger partial charge in [0, 0.05) is 24.7 Å². The van der Waals surface area contributed by atoms with Crippen LogP contribution < -0.4 is 16.0 Å². The number of nitrogens with one attached hydrogen (secondary N) is 3. The SMILES string of the molecule is COCCCNC(=O)c1ccccc1NC(=S)NC(=O)c1ccccc1Br. The molecule has 0 saturated heterocycles. The molecule has 142 valence electrons. The van der Waals surface area contributed by atoms with Gasteiger partial charge in [-0.15, -0.1) is 0 Å². The summed E-state index contributed by atoms with van der Waals surface area (Å²) >= 11 is 8.55. The van der Waals surface area contributed by atoms with Crippen LogP contribution in [-0.4, -0.2) is 37.2 Å². The van der Waals surface area contributed by atoms with E-state index in [-0.39, 0.29) is 16.9 Å². The van der Waals surface area contributed by atoms with Crippen molar-refractivity contribution in [3.63, 3.8) is 0 Å². The normalized spacial score (nSPS) is 10.1. The summed E-state index contributed by atoms with van der Waals surface area (Å²) in [4.78, 5) is 24.7. The summed E-state index contributed by atoms with van der Waals surface area (Å²) in [6.45, 7) is 1.08. The number of methoxy groups -OCH3 is 1. The number of carbonyl (C=O) groups is 2. The lowest BCUT2D eigenvalue weighted by molar-refractivity contribution is 0.0947. The minimum Gasteiger partial charge on any atom is -0.385 e.